The highest BCUT2D eigenvalue weighted by Crippen LogP contribution is 2.49. The molecule has 0 bridgehead atoms. The molecule has 2 heterocycles. The maximum absolute atomic E-state index is 13.2. The van der Waals surface area contributed by atoms with Crippen LogP contribution in [0.1, 0.15) is 38.3 Å². The molecule has 148 valence electrons. The predicted octanol–water partition coefficient (Wildman–Crippen LogP) is 2.96. The fraction of sp³-hybridized carbons (Fsp3) is 0.450. The van der Waals surface area contributed by atoms with Gasteiger partial charge in [-0.1, -0.05) is 13.8 Å². The maximum Gasteiger partial charge on any atom is 0.226 e. The van der Waals surface area contributed by atoms with Crippen molar-refractivity contribution in [1.82, 2.24) is 14.8 Å². The fourth-order valence-corrected chi connectivity index (χ4v) is 4.12. The van der Waals surface area contributed by atoms with Crippen LogP contribution in [0, 0.1) is 5.41 Å². The Hall–Kier alpha value is -3.03. The Morgan fingerprint density at radius 2 is 1.79 bits per heavy atom. The van der Waals surface area contributed by atoms with Crippen molar-refractivity contribution >= 4 is 11.7 Å². The third kappa shape index (κ3) is 2.80. The molecule has 8 nitrogen and oxygen atoms in total. The third-order valence-electron chi connectivity index (χ3n) is 5.30. The molecule has 1 N–H and O–H groups in total. The number of allylic oxidation sites excluding steroid dienone is 2. The molecule has 4 rings (SSSR count). The minimum atomic E-state index is -0.492. The van der Waals surface area contributed by atoms with E-state index in [1.54, 1.807) is 38.1 Å². The number of carbonyl (C=O) groups excluding carboxylic acids is 1. The first-order valence-corrected chi connectivity index (χ1v) is 9.11. The molecule has 1 aromatic carbocycles. The van der Waals surface area contributed by atoms with E-state index in [2.05, 4.69) is 29.2 Å². The average Bonchev–Trinajstić information content (AvgIpc) is 3.12. The summed E-state index contributed by atoms with van der Waals surface area (Å²) in [6.07, 6.45) is 2.69. The number of carbonyl (C=O) groups is 1. The van der Waals surface area contributed by atoms with Gasteiger partial charge in [-0.15, -0.1) is 0 Å². The van der Waals surface area contributed by atoms with Crippen molar-refractivity contribution in [2.45, 2.75) is 32.7 Å². The monoisotopic (exact) mass is 384 g/mol. The fourth-order valence-electron chi connectivity index (χ4n) is 4.12. The van der Waals surface area contributed by atoms with Crippen LogP contribution in [0.5, 0.6) is 17.2 Å². The van der Waals surface area contributed by atoms with Crippen LogP contribution >= 0.6 is 0 Å². The van der Waals surface area contributed by atoms with E-state index in [0.29, 0.717) is 35.2 Å². The molecule has 2 aromatic rings. The SMILES string of the molecule is COc1cc(OC)c(C2C3=C(CC(C)(C)CC3=O)Nc3ncnn32)c(OC)c1. The van der Waals surface area contributed by atoms with Crippen LogP contribution < -0.4 is 19.5 Å². The number of ketones is 1. The van der Waals surface area contributed by atoms with E-state index < -0.39 is 6.04 Å². The maximum atomic E-state index is 13.2. The molecule has 1 aliphatic heterocycles. The average molecular weight is 384 g/mol. The van der Waals surface area contributed by atoms with Gasteiger partial charge in [0, 0.05) is 29.8 Å². The van der Waals surface area contributed by atoms with Crippen LogP contribution in [0.25, 0.3) is 0 Å². The number of ether oxygens (including phenoxy) is 3. The molecular formula is C20H24N4O4. The van der Waals surface area contributed by atoms with E-state index in [1.165, 1.54) is 6.33 Å². The predicted molar refractivity (Wildman–Crippen MR) is 103 cm³/mol. The zero-order valence-corrected chi connectivity index (χ0v) is 16.7. The number of aromatic nitrogens is 3. The lowest BCUT2D eigenvalue weighted by Crippen LogP contribution is -2.36. The number of anilines is 1. The van der Waals surface area contributed by atoms with Crippen LogP contribution in [-0.4, -0.2) is 41.9 Å². The van der Waals surface area contributed by atoms with Gasteiger partial charge >= 0.3 is 0 Å². The number of methoxy groups -OCH3 is 3. The van der Waals surface area contributed by atoms with Crippen molar-refractivity contribution < 1.29 is 19.0 Å². The van der Waals surface area contributed by atoms with Gasteiger partial charge in [-0.05, 0) is 11.8 Å². The lowest BCUT2D eigenvalue weighted by molar-refractivity contribution is -0.118. The van der Waals surface area contributed by atoms with Gasteiger partial charge in [0.25, 0.3) is 0 Å². The number of benzene rings is 1. The third-order valence-corrected chi connectivity index (χ3v) is 5.30. The van der Waals surface area contributed by atoms with Gasteiger partial charge in [0.2, 0.25) is 5.95 Å². The van der Waals surface area contributed by atoms with Gasteiger partial charge in [0.15, 0.2) is 5.78 Å². The van der Waals surface area contributed by atoms with Gasteiger partial charge in [0.1, 0.15) is 29.6 Å². The number of hydrogen-bond acceptors (Lipinski definition) is 7. The van der Waals surface area contributed by atoms with Crippen LogP contribution in [0.2, 0.25) is 0 Å². The summed E-state index contributed by atoms with van der Waals surface area (Å²) < 4.78 is 18.4. The Bertz CT molecular complexity index is 951. The van der Waals surface area contributed by atoms with Crippen LogP contribution in [0.15, 0.2) is 29.7 Å². The summed E-state index contributed by atoms with van der Waals surface area (Å²) in [6.45, 7) is 4.19. The van der Waals surface area contributed by atoms with Gasteiger partial charge in [-0.25, -0.2) is 4.68 Å². The second-order valence-electron chi connectivity index (χ2n) is 7.83. The molecule has 1 aliphatic carbocycles. The van der Waals surface area contributed by atoms with E-state index in [4.69, 9.17) is 14.2 Å². The van der Waals surface area contributed by atoms with Gasteiger partial charge < -0.3 is 19.5 Å². The summed E-state index contributed by atoms with van der Waals surface area (Å²) in [7, 11) is 4.76. The summed E-state index contributed by atoms with van der Waals surface area (Å²) in [5, 5.41) is 7.69. The summed E-state index contributed by atoms with van der Waals surface area (Å²) >= 11 is 0. The number of fused-ring (bicyclic) bond motifs is 1. The standard InChI is InChI=1S/C20H24N4O4/c1-20(2)8-12-16(13(25)9-20)18(24-19(23-12)21-10-22-24)17-14(27-4)6-11(26-3)7-15(17)28-5/h6-7,10,18H,8-9H2,1-5H3,(H,21,22,23). The first-order chi connectivity index (χ1) is 13.4. The highest BCUT2D eigenvalue weighted by molar-refractivity contribution is 6.00. The lowest BCUT2D eigenvalue weighted by atomic mass is 9.73. The smallest absolute Gasteiger partial charge is 0.226 e. The van der Waals surface area contributed by atoms with Crippen molar-refractivity contribution in [3.05, 3.63) is 35.3 Å². The van der Waals surface area contributed by atoms with Gasteiger partial charge in [-0.2, -0.15) is 10.1 Å². The molecule has 1 unspecified atom stereocenters. The van der Waals surface area contributed by atoms with Crippen molar-refractivity contribution in [3.63, 3.8) is 0 Å². The first-order valence-electron chi connectivity index (χ1n) is 9.11. The summed E-state index contributed by atoms with van der Waals surface area (Å²) in [5.74, 6) is 2.41. The molecule has 0 fully saturated rings. The Kier molecular flexibility index (Phi) is 4.28. The minimum absolute atomic E-state index is 0.0878. The molecule has 1 atom stereocenters. The second kappa shape index (κ2) is 6.54. The number of hydrogen-bond donors (Lipinski definition) is 1. The summed E-state index contributed by atoms with van der Waals surface area (Å²) in [4.78, 5) is 17.5. The number of nitrogens with zero attached hydrogens (tertiary/aromatic N) is 3. The Morgan fingerprint density at radius 1 is 1.11 bits per heavy atom. The molecule has 28 heavy (non-hydrogen) atoms. The summed E-state index contributed by atoms with van der Waals surface area (Å²) in [6, 6.07) is 3.08. The molecular weight excluding hydrogens is 360 g/mol. The Labute approximate surface area is 163 Å². The number of rotatable bonds is 4. The number of Topliss-reactive ketones (excluding diaryl/α,β-unsaturated/α-hetero) is 1. The highest BCUT2D eigenvalue weighted by atomic mass is 16.5. The van der Waals surface area contributed by atoms with Crippen molar-refractivity contribution in [1.29, 1.82) is 0 Å². The second-order valence-corrected chi connectivity index (χ2v) is 7.83. The van der Waals surface area contributed by atoms with Crippen molar-refractivity contribution in [2.24, 2.45) is 5.41 Å². The van der Waals surface area contributed by atoms with Crippen LogP contribution in [0.3, 0.4) is 0 Å². The first kappa shape index (κ1) is 18.3. The minimum Gasteiger partial charge on any atom is -0.496 e. The largest absolute Gasteiger partial charge is 0.496 e. The van der Waals surface area contributed by atoms with Crippen molar-refractivity contribution in [2.75, 3.05) is 26.6 Å². The molecule has 0 saturated heterocycles. The molecule has 0 spiro atoms. The molecule has 0 radical (unpaired) electrons. The number of nitrogens with one attached hydrogen (secondary N) is 1. The zero-order valence-electron chi connectivity index (χ0n) is 16.7. The normalized spacial score (nSPS) is 20.2. The van der Waals surface area contributed by atoms with E-state index in [0.717, 1.165) is 17.7 Å². The zero-order chi connectivity index (χ0) is 20.1. The molecule has 2 aliphatic rings. The van der Waals surface area contributed by atoms with E-state index in [9.17, 15) is 4.79 Å². The lowest BCUT2D eigenvalue weighted by Gasteiger charge is -2.38. The quantitative estimate of drug-likeness (QED) is 0.867. The molecule has 0 amide bonds. The Balaban J connectivity index is 1.98. The molecule has 8 heteroatoms. The van der Waals surface area contributed by atoms with E-state index >= 15 is 0 Å². The van der Waals surface area contributed by atoms with Crippen molar-refractivity contribution in [3.8, 4) is 17.2 Å². The van der Waals surface area contributed by atoms with Crippen LogP contribution in [-0.2, 0) is 4.79 Å². The Morgan fingerprint density at radius 3 is 2.39 bits per heavy atom. The molecule has 1 aromatic heterocycles. The molecule has 0 saturated carbocycles. The summed E-state index contributed by atoms with van der Waals surface area (Å²) in [5.41, 5.74) is 2.16. The van der Waals surface area contributed by atoms with E-state index in [-0.39, 0.29) is 11.2 Å². The van der Waals surface area contributed by atoms with Gasteiger partial charge in [-0.3, -0.25) is 4.79 Å². The topological polar surface area (TPSA) is 87.5 Å². The van der Waals surface area contributed by atoms with Gasteiger partial charge in [0.05, 0.1) is 26.9 Å². The highest BCUT2D eigenvalue weighted by Gasteiger charge is 2.43. The van der Waals surface area contributed by atoms with E-state index in [1.807, 2.05) is 0 Å². The van der Waals surface area contributed by atoms with Crippen LogP contribution in [0.4, 0.5) is 5.95 Å².